The van der Waals surface area contributed by atoms with Crippen molar-refractivity contribution in [2.45, 2.75) is 37.1 Å². The number of carbonyl (C=O) groups is 1. The van der Waals surface area contributed by atoms with Gasteiger partial charge < -0.3 is 9.73 Å². The van der Waals surface area contributed by atoms with Gasteiger partial charge in [-0.15, -0.1) is 0 Å². The maximum Gasteiger partial charge on any atom is 0.420 e. The first kappa shape index (κ1) is 21.6. The minimum atomic E-state index is -3.69. The van der Waals surface area contributed by atoms with Crippen LogP contribution in [0.25, 0.3) is 11.1 Å². The quantitative estimate of drug-likeness (QED) is 0.624. The summed E-state index contributed by atoms with van der Waals surface area (Å²) in [6, 6.07) is 11.0. The number of aromatic nitrogens is 1. The summed E-state index contributed by atoms with van der Waals surface area (Å²) in [4.78, 5) is 24.8. The van der Waals surface area contributed by atoms with E-state index in [0.717, 1.165) is 25.7 Å². The fourth-order valence-electron chi connectivity index (χ4n) is 3.69. The highest BCUT2D eigenvalue weighted by Crippen LogP contribution is 2.28. The highest BCUT2D eigenvalue weighted by atomic mass is 35.5. The first-order valence-electron chi connectivity index (χ1n) is 10.0. The molecule has 1 aliphatic rings. The highest BCUT2D eigenvalue weighted by molar-refractivity contribution is 7.89. The van der Waals surface area contributed by atoms with E-state index in [1.165, 1.54) is 27.1 Å². The first-order chi connectivity index (χ1) is 14.9. The summed E-state index contributed by atoms with van der Waals surface area (Å²) < 4.78 is 33.9. The Morgan fingerprint density at radius 3 is 2.52 bits per heavy atom. The molecule has 8 nitrogen and oxygen atoms in total. The van der Waals surface area contributed by atoms with Gasteiger partial charge in [0.1, 0.15) is 6.54 Å². The number of nitrogens with zero attached hydrogens (tertiary/aromatic N) is 2. The van der Waals surface area contributed by atoms with Crippen LogP contribution in [-0.4, -0.2) is 36.3 Å². The molecule has 0 aliphatic carbocycles. The number of para-hydroxylation sites is 2. The Labute approximate surface area is 184 Å². The van der Waals surface area contributed by atoms with Gasteiger partial charge in [-0.2, -0.15) is 4.31 Å². The van der Waals surface area contributed by atoms with Crippen LogP contribution in [0.3, 0.4) is 0 Å². The van der Waals surface area contributed by atoms with Crippen LogP contribution in [0.15, 0.2) is 56.6 Å². The zero-order valence-electron chi connectivity index (χ0n) is 16.7. The van der Waals surface area contributed by atoms with Crippen LogP contribution < -0.4 is 11.1 Å². The lowest BCUT2D eigenvalue weighted by molar-refractivity contribution is -0.116. The number of benzene rings is 2. The van der Waals surface area contributed by atoms with Gasteiger partial charge in [0.05, 0.1) is 21.1 Å². The molecule has 2 heterocycles. The van der Waals surface area contributed by atoms with Crippen molar-refractivity contribution in [1.29, 1.82) is 0 Å². The number of fused-ring (bicyclic) bond motifs is 1. The molecule has 1 fully saturated rings. The molecule has 0 radical (unpaired) electrons. The van der Waals surface area contributed by atoms with E-state index in [-0.39, 0.29) is 22.2 Å². The standard InChI is InChI=1S/C21H22ClN3O5S/c22-16-10-9-15(31(28,29)24-11-5-1-2-6-12-24)13-17(16)23-20(26)14-25-18-7-3-4-8-19(18)30-21(25)27/h3-4,7-10,13H,1-2,5-6,11-12,14H2,(H,23,26). The predicted octanol–water partition coefficient (Wildman–Crippen LogP) is 3.45. The molecule has 0 bridgehead atoms. The summed E-state index contributed by atoms with van der Waals surface area (Å²) in [6.45, 7) is 0.654. The number of halogens is 1. The minimum Gasteiger partial charge on any atom is -0.408 e. The van der Waals surface area contributed by atoms with E-state index >= 15 is 0 Å². The van der Waals surface area contributed by atoms with Gasteiger partial charge in [-0.1, -0.05) is 36.6 Å². The van der Waals surface area contributed by atoms with Crippen molar-refractivity contribution < 1.29 is 17.6 Å². The van der Waals surface area contributed by atoms with Crippen molar-refractivity contribution in [2.24, 2.45) is 0 Å². The van der Waals surface area contributed by atoms with Gasteiger partial charge in [-0.25, -0.2) is 13.2 Å². The molecule has 2 aromatic carbocycles. The van der Waals surface area contributed by atoms with Gasteiger partial charge in [0, 0.05) is 13.1 Å². The zero-order chi connectivity index (χ0) is 22.0. The van der Waals surface area contributed by atoms with E-state index in [0.29, 0.717) is 24.2 Å². The lowest BCUT2D eigenvalue weighted by Gasteiger charge is -2.20. The summed E-state index contributed by atoms with van der Waals surface area (Å²) in [6.07, 6.45) is 3.67. The fraction of sp³-hybridized carbons (Fsp3) is 0.333. The van der Waals surface area contributed by atoms with Gasteiger partial charge in [0.2, 0.25) is 15.9 Å². The second-order valence-electron chi connectivity index (χ2n) is 7.43. The number of rotatable bonds is 5. The summed E-state index contributed by atoms with van der Waals surface area (Å²) in [5, 5.41) is 2.81. The molecule has 1 amide bonds. The molecule has 1 N–H and O–H groups in total. The number of nitrogens with one attached hydrogen (secondary N) is 1. The van der Waals surface area contributed by atoms with Crippen molar-refractivity contribution in [2.75, 3.05) is 18.4 Å². The number of amides is 1. The van der Waals surface area contributed by atoms with E-state index < -0.39 is 21.7 Å². The van der Waals surface area contributed by atoms with Gasteiger partial charge in [-0.05, 0) is 43.2 Å². The lowest BCUT2D eigenvalue weighted by atomic mass is 10.2. The van der Waals surface area contributed by atoms with E-state index in [9.17, 15) is 18.0 Å². The zero-order valence-corrected chi connectivity index (χ0v) is 18.3. The number of oxazole rings is 1. The van der Waals surface area contributed by atoms with Crippen LogP contribution in [-0.2, 0) is 21.4 Å². The lowest BCUT2D eigenvalue weighted by Crippen LogP contribution is -2.32. The van der Waals surface area contributed by atoms with Crippen LogP contribution in [0.2, 0.25) is 5.02 Å². The summed E-state index contributed by atoms with van der Waals surface area (Å²) in [5.74, 6) is -1.18. The Kier molecular flexibility index (Phi) is 6.17. The highest BCUT2D eigenvalue weighted by Gasteiger charge is 2.26. The first-order valence-corrected chi connectivity index (χ1v) is 11.9. The fourth-order valence-corrected chi connectivity index (χ4v) is 5.40. The number of carbonyl (C=O) groups excluding carboxylic acids is 1. The third kappa shape index (κ3) is 4.53. The number of hydrogen-bond acceptors (Lipinski definition) is 5. The summed E-state index contributed by atoms with van der Waals surface area (Å²) >= 11 is 6.20. The molecule has 0 unspecified atom stereocenters. The van der Waals surface area contributed by atoms with Crippen LogP contribution in [0.4, 0.5) is 5.69 Å². The molecule has 10 heteroatoms. The Morgan fingerprint density at radius 1 is 1.06 bits per heavy atom. The summed E-state index contributed by atoms with van der Waals surface area (Å²) in [7, 11) is -3.69. The molecule has 1 saturated heterocycles. The second kappa shape index (κ2) is 8.86. The van der Waals surface area contributed by atoms with Gasteiger partial charge in [-0.3, -0.25) is 9.36 Å². The predicted molar refractivity (Wildman–Crippen MR) is 118 cm³/mol. The Hall–Kier alpha value is -2.62. The largest absolute Gasteiger partial charge is 0.420 e. The molecule has 3 aromatic rings. The number of hydrogen-bond donors (Lipinski definition) is 1. The molecule has 4 rings (SSSR count). The topological polar surface area (TPSA) is 102 Å². The Balaban J connectivity index is 1.56. The molecule has 31 heavy (non-hydrogen) atoms. The molecular weight excluding hydrogens is 442 g/mol. The van der Waals surface area contributed by atoms with Gasteiger partial charge in [0.25, 0.3) is 0 Å². The number of anilines is 1. The second-order valence-corrected chi connectivity index (χ2v) is 9.78. The minimum absolute atomic E-state index is 0.0695. The third-order valence-electron chi connectivity index (χ3n) is 5.29. The molecular formula is C21H22ClN3O5S. The van der Waals surface area contributed by atoms with Crippen LogP contribution >= 0.6 is 11.6 Å². The number of sulfonamides is 1. The van der Waals surface area contributed by atoms with Crippen molar-refractivity contribution in [1.82, 2.24) is 8.87 Å². The van der Waals surface area contributed by atoms with E-state index in [2.05, 4.69) is 5.32 Å². The van der Waals surface area contributed by atoms with Gasteiger partial charge >= 0.3 is 5.76 Å². The average Bonchev–Trinajstić information content (AvgIpc) is 2.91. The SMILES string of the molecule is O=C(Cn1c(=O)oc2ccccc21)Nc1cc(S(=O)(=O)N2CCCCCC2)ccc1Cl. The van der Waals surface area contributed by atoms with E-state index in [1.807, 2.05) is 0 Å². The normalized spacial score (nSPS) is 15.6. The molecule has 0 saturated carbocycles. The molecule has 1 aliphatic heterocycles. The molecule has 164 valence electrons. The Morgan fingerprint density at radius 2 is 1.77 bits per heavy atom. The van der Waals surface area contributed by atoms with Crippen molar-refractivity contribution in [3.8, 4) is 0 Å². The monoisotopic (exact) mass is 463 g/mol. The van der Waals surface area contributed by atoms with E-state index in [1.54, 1.807) is 24.3 Å². The molecule has 1 aromatic heterocycles. The van der Waals surface area contributed by atoms with Gasteiger partial charge in [0.15, 0.2) is 5.58 Å². The Bertz CT molecular complexity index is 1270. The third-order valence-corrected chi connectivity index (χ3v) is 7.51. The maximum absolute atomic E-state index is 13.0. The van der Waals surface area contributed by atoms with Crippen molar-refractivity contribution in [3.63, 3.8) is 0 Å². The van der Waals surface area contributed by atoms with Crippen LogP contribution in [0.1, 0.15) is 25.7 Å². The van der Waals surface area contributed by atoms with E-state index in [4.69, 9.17) is 16.0 Å². The van der Waals surface area contributed by atoms with Crippen LogP contribution in [0, 0.1) is 0 Å². The average molecular weight is 464 g/mol. The van der Waals surface area contributed by atoms with Crippen molar-refractivity contribution >= 4 is 44.3 Å². The molecule has 0 spiro atoms. The summed E-state index contributed by atoms with van der Waals surface area (Å²) in [5.41, 5.74) is 1.04. The van der Waals surface area contributed by atoms with Crippen LogP contribution in [0.5, 0.6) is 0 Å². The van der Waals surface area contributed by atoms with Crippen molar-refractivity contribution in [3.05, 3.63) is 58.0 Å². The smallest absolute Gasteiger partial charge is 0.408 e. The molecule has 0 atom stereocenters. The maximum atomic E-state index is 13.0.